The molecule has 0 aliphatic heterocycles. The molecule has 0 radical (unpaired) electrons. The molecule has 1 heterocycles. The smallest absolute Gasteiger partial charge is 0.404 e. The summed E-state index contributed by atoms with van der Waals surface area (Å²) in [5.41, 5.74) is 0.0658. The van der Waals surface area contributed by atoms with Crippen molar-refractivity contribution in [1.82, 2.24) is 4.98 Å². The van der Waals surface area contributed by atoms with Gasteiger partial charge in [-0.25, -0.2) is 4.98 Å². The maximum atomic E-state index is 12.3. The van der Waals surface area contributed by atoms with Crippen molar-refractivity contribution in [1.29, 1.82) is 0 Å². The molecule has 0 bridgehead atoms. The molecule has 0 unspecified atom stereocenters. The third-order valence-electron chi connectivity index (χ3n) is 2.17. The largest absolute Gasteiger partial charge is 0.573 e. The molecule has 0 fully saturated rings. The first-order valence-corrected chi connectivity index (χ1v) is 6.81. The van der Waals surface area contributed by atoms with Crippen LogP contribution in [-0.4, -0.2) is 11.3 Å². The third-order valence-corrected chi connectivity index (χ3v) is 3.60. The molecule has 0 spiro atoms. The van der Waals surface area contributed by atoms with E-state index in [1.165, 1.54) is 35.7 Å². The minimum atomic E-state index is -4.78. The number of anilines is 1. The number of nitrogens with zero attached hydrogens (tertiary/aromatic N) is 1. The summed E-state index contributed by atoms with van der Waals surface area (Å²) in [6.07, 6.45) is -3.25. The van der Waals surface area contributed by atoms with Crippen molar-refractivity contribution in [2.45, 2.75) is 12.9 Å². The van der Waals surface area contributed by atoms with Gasteiger partial charge < -0.3 is 10.1 Å². The van der Waals surface area contributed by atoms with Crippen LogP contribution in [-0.2, 0) is 6.54 Å². The first kappa shape index (κ1) is 15.2. The maximum Gasteiger partial charge on any atom is 0.573 e. The van der Waals surface area contributed by atoms with E-state index in [0.717, 1.165) is 4.88 Å². The van der Waals surface area contributed by atoms with Crippen LogP contribution in [0.4, 0.5) is 18.9 Å². The molecular formula is C11H7Cl2F3N2OS. The molecule has 0 aliphatic rings. The number of hydrogen-bond acceptors (Lipinski definition) is 4. The minimum Gasteiger partial charge on any atom is -0.404 e. The molecule has 0 amide bonds. The van der Waals surface area contributed by atoms with Crippen molar-refractivity contribution >= 4 is 40.2 Å². The summed E-state index contributed by atoms with van der Waals surface area (Å²) < 4.78 is 41.2. The summed E-state index contributed by atoms with van der Waals surface area (Å²) in [6.45, 7) is 0.238. The fourth-order valence-electron chi connectivity index (χ4n) is 1.43. The molecule has 2 aromatic rings. The van der Waals surface area contributed by atoms with E-state index in [-0.39, 0.29) is 23.0 Å². The monoisotopic (exact) mass is 342 g/mol. The lowest BCUT2D eigenvalue weighted by molar-refractivity contribution is -0.274. The van der Waals surface area contributed by atoms with Crippen LogP contribution < -0.4 is 10.1 Å². The van der Waals surface area contributed by atoms with E-state index in [4.69, 9.17) is 23.2 Å². The van der Waals surface area contributed by atoms with Gasteiger partial charge in [0.05, 0.1) is 17.3 Å². The molecule has 0 aliphatic carbocycles. The summed E-state index contributed by atoms with van der Waals surface area (Å²) in [5.74, 6) is -0.388. The van der Waals surface area contributed by atoms with Crippen LogP contribution >= 0.6 is 34.5 Å². The van der Waals surface area contributed by atoms with Crippen LogP contribution in [0.5, 0.6) is 5.75 Å². The van der Waals surface area contributed by atoms with Gasteiger partial charge in [-0.3, -0.25) is 0 Å². The van der Waals surface area contributed by atoms with Gasteiger partial charge in [0.25, 0.3) is 0 Å². The predicted molar refractivity (Wildman–Crippen MR) is 72.6 cm³/mol. The lowest BCUT2D eigenvalue weighted by atomic mass is 10.3. The highest BCUT2D eigenvalue weighted by atomic mass is 35.5. The Morgan fingerprint density at radius 3 is 2.65 bits per heavy atom. The van der Waals surface area contributed by atoms with Crippen molar-refractivity contribution in [3.8, 4) is 5.75 Å². The van der Waals surface area contributed by atoms with Gasteiger partial charge in [-0.05, 0) is 12.1 Å². The Hall–Kier alpha value is -1.18. The normalized spacial score (nSPS) is 11.4. The second-order valence-electron chi connectivity index (χ2n) is 3.59. The second-order valence-corrected chi connectivity index (χ2v) is 5.70. The van der Waals surface area contributed by atoms with Crippen LogP contribution in [0.25, 0.3) is 0 Å². The summed E-state index contributed by atoms with van der Waals surface area (Å²) in [6, 6.07) is 4.02. The van der Waals surface area contributed by atoms with E-state index in [0.29, 0.717) is 4.47 Å². The Balaban J connectivity index is 2.17. The number of ether oxygens (including phenoxy) is 1. The van der Waals surface area contributed by atoms with Gasteiger partial charge in [0, 0.05) is 11.1 Å². The summed E-state index contributed by atoms with van der Waals surface area (Å²) in [4.78, 5) is 4.59. The molecule has 0 saturated carbocycles. The Kier molecular flexibility index (Phi) is 4.62. The average molecular weight is 343 g/mol. The molecule has 9 heteroatoms. The highest BCUT2D eigenvalue weighted by molar-refractivity contribution is 7.15. The van der Waals surface area contributed by atoms with Gasteiger partial charge in [-0.15, -0.1) is 24.5 Å². The zero-order chi connectivity index (χ0) is 14.8. The molecule has 2 rings (SSSR count). The number of nitrogens with one attached hydrogen (secondary N) is 1. The van der Waals surface area contributed by atoms with E-state index in [1.807, 2.05) is 0 Å². The first-order valence-electron chi connectivity index (χ1n) is 5.23. The average Bonchev–Trinajstić information content (AvgIpc) is 2.72. The highest BCUT2D eigenvalue weighted by Gasteiger charge is 2.32. The zero-order valence-electron chi connectivity index (χ0n) is 9.67. The van der Waals surface area contributed by atoms with Gasteiger partial charge >= 0.3 is 6.36 Å². The van der Waals surface area contributed by atoms with Gasteiger partial charge in [0.1, 0.15) is 0 Å². The number of thiazole rings is 1. The van der Waals surface area contributed by atoms with Crippen molar-refractivity contribution in [3.63, 3.8) is 0 Å². The third kappa shape index (κ3) is 4.16. The van der Waals surface area contributed by atoms with Gasteiger partial charge in [-0.2, -0.15) is 0 Å². The van der Waals surface area contributed by atoms with Crippen LogP contribution in [0.1, 0.15) is 4.88 Å². The molecule has 1 aromatic heterocycles. The number of halogens is 5. The van der Waals surface area contributed by atoms with Crippen molar-refractivity contribution in [3.05, 3.63) is 38.8 Å². The molecule has 1 aromatic carbocycles. The van der Waals surface area contributed by atoms with E-state index >= 15 is 0 Å². The Bertz CT molecular complexity index is 604. The lowest BCUT2D eigenvalue weighted by Gasteiger charge is -2.15. The standard InChI is InChI=1S/C11H7Cl2F3N2OS/c12-7-2-1-3-8(19-11(14,15)16)9(7)17-4-6-5-18-10(13)20-6/h1-3,5,17H,4H2. The number of aromatic nitrogens is 1. The van der Waals surface area contributed by atoms with Crippen LogP contribution in [0.15, 0.2) is 24.4 Å². The fourth-order valence-corrected chi connectivity index (χ4v) is 2.58. The van der Waals surface area contributed by atoms with Gasteiger partial charge in [0.15, 0.2) is 10.2 Å². The molecule has 0 atom stereocenters. The molecule has 1 N–H and O–H groups in total. The van der Waals surface area contributed by atoms with Crippen molar-refractivity contribution in [2.24, 2.45) is 0 Å². The Morgan fingerprint density at radius 2 is 2.05 bits per heavy atom. The molecule has 20 heavy (non-hydrogen) atoms. The summed E-state index contributed by atoms with van der Waals surface area (Å²) in [7, 11) is 0. The number of benzene rings is 1. The number of para-hydroxylation sites is 1. The Labute approximate surface area is 126 Å². The predicted octanol–water partition coefficient (Wildman–Crippen LogP) is 4.96. The second kappa shape index (κ2) is 6.07. The maximum absolute atomic E-state index is 12.3. The Morgan fingerprint density at radius 1 is 1.30 bits per heavy atom. The quantitative estimate of drug-likeness (QED) is 0.852. The van der Waals surface area contributed by atoms with E-state index in [2.05, 4.69) is 15.0 Å². The van der Waals surface area contributed by atoms with E-state index in [1.54, 1.807) is 0 Å². The van der Waals surface area contributed by atoms with Crippen LogP contribution in [0, 0.1) is 0 Å². The van der Waals surface area contributed by atoms with Gasteiger partial charge in [-0.1, -0.05) is 29.3 Å². The van der Waals surface area contributed by atoms with Crippen LogP contribution in [0.3, 0.4) is 0 Å². The molecule has 3 nitrogen and oxygen atoms in total. The topological polar surface area (TPSA) is 34.1 Å². The van der Waals surface area contributed by atoms with E-state index < -0.39 is 6.36 Å². The number of hydrogen-bond donors (Lipinski definition) is 1. The molecule has 108 valence electrons. The zero-order valence-corrected chi connectivity index (χ0v) is 12.0. The van der Waals surface area contributed by atoms with E-state index in [9.17, 15) is 13.2 Å². The van der Waals surface area contributed by atoms with Crippen LogP contribution in [0.2, 0.25) is 9.49 Å². The van der Waals surface area contributed by atoms with Crippen molar-refractivity contribution in [2.75, 3.05) is 5.32 Å². The van der Waals surface area contributed by atoms with Gasteiger partial charge in [0.2, 0.25) is 0 Å². The first-order chi connectivity index (χ1) is 9.35. The molecular weight excluding hydrogens is 336 g/mol. The number of alkyl halides is 3. The summed E-state index contributed by atoms with van der Waals surface area (Å²) >= 11 is 12.8. The minimum absolute atomic E-state index is 0.0658. The lowest BCUT2D eigenvalue weighted by Crippen LogP contribution is -2.18. The molecule has 0 saturated heterocycles. The summed E-state index contributed by atoms with van der Waals surface area (Å²) in [5, 5.41) is 2.92. The fraction of sp³-hybridized carbons (Fsp3) is 0.182. The SMILES string of the molecule is FC(F)(F)Oc1cccc(Cl)c1NCc1cnc(Cl)s1. The highest BCUT2D eigenvalue weighted by Crippen LogP contribution is 2.36. The number of rotatable bonds is 4. The van der Waals surface area contributed by atoms with Crippen molar-refractivity contribution < 1.29 is 17.9 Å².